The fourth-order valence-electron chi connectivity index (χ4n) is 2.81. The molecule has 0 bridgehead atoms. The van der Waals surface area contributed by atoms with Crippen LogP contribution in [0.15, 0.2) is 53.4 Å². The Morgan fingerprint density at radius 1 is 1.20 bits per heavy atom. The molecule has 0 fully saturated rings. The topological polar surface area (TPSA) is 84.5 Å². The SMILES string of the molecule is CCNS(=O)(=O)c1cccc(C(=O)N[C@H]2CCOc3ccccc32)c1. The van der Waals surface area contributed by atoms with Gasteiger partial charge in [0.15, 0.2) is 0 Å². The fraction of sp³-hybridized carbons (Fsp3) is 0.278. The lowest BCUT2D eigenvalue weighted by Crippen LogP contribution is -2.32. The van der Waals surface area contributed by atoms with Crippen molar-refractivity contribution in [3.63, 3.8) is 0 Å². The van der Waals surface area contributed by atoms with E-state index in [1.807, 2.05) is 24.3 Å². The summed E-state index contributed by atoms with van der Waals surface area (Å²) in [4.78, 5) is 12.7. The van der Waals surface area contributed by atoms with Gasteiger partial charge in [0.25, 0.3) is 5.91 Å². The Morgan fingerprint density at radius 3 is 2.80 bits per heavy atom. The zero-order chi connectivity index (χ0) is 17.9. The van der Waals surface area contributed by atoms with Crippen molar-refractivity contribution in [3.05, 3.63) is 59.7 Å². The highest BCUT2D eigenvalue weighted by atomic mass is 32.2. The molecule has 0 saturated carbocycles. The van der Waals surface area contributed by atoms with E-state index in [2.05, 4.69) is 10.0 Å². The quantitative estimate of drug-likeness (QED) is 0.856. The molecule has 6 nitrogen and oxygen atoms in total. The van der Waals surface area contributed by atoms with Gasteiger partial charge in [-0.1, -0.05) is 31.2 Å². The van der Waals surface area contributed by atoms with Gasteiger partial charge in [-0.15, -0.1) is 0 Å². The van der Waals surface area contributed by atoms with Crippen molar-refractivity contribution >= 4 is 15.9 Å². The predicted octanol–water partition coefficient (Wildman–Crippen LogP) is 2.24. The number of benzene rings is 2. The van der Waals surface area contributed by atoms with Crippen molar-refractivity contribution in [3.8, 4) is 5.75 Å². The van der Waals surface area contributed by atoms with E-state index in [0.717, 1.165) is 11.3 Å². The molecule has 0 unspecified atom stereocenters. The van der Waals surface area contributed by atoms with Gasteiger partial charge in [-0.3, -0.25) is 4.79 Å². The Balaban J connectivity index is 1.81. The van der Waals surface area contributed by atoms with Crippen LogP contribution in [-0.4, -0.2) is 27.5 Å². The second-order valence-electron chi connectivity index (χ2n) is 5.73. The molecule has 2 N–H and O–H groups in total. The zero-order valence-electron chi connectivity index (χ0n) is 13.9. The molecule has 1 aliphatic heterocycles. The number of hydrogen-bond acceptors (Lipinski definition) is 4. The number of rotatable bonds is 5. The summed E-state index contributed by atoms with van der Waals surface area (Å²) in [5.74, 6) is 0.456. The van der Waals surface area contributed by atoms with E-state index in [4.69, 9.17) is 4.74 Å². The monoisotopic (exact) mass is 360 g/mol. The molecule has 2 aromatic carbocycles. The largest absolute Gasteiger partial charge is 0.493 e. The molecule has 7 heteroatoms. The van der Waals surface area contributed by atoms with E-state index < -0.39 is 10.0 Å². The van der Waals surface area contributed by atoms with Crippen molar-refractivity contribution in [2.75, 3.05) is 13.2 Å². The van der Waals surface area contributed by atoms with Gasteiger partial charge in [-0.05, 0) is 24.3 Å². The van der Waals surface area contributed by atoms with Gasteiger partial charge in [-0.25, -0.2) is 13.1 Å². The van der Waals surface area contributed by atoms with Crippen LogP contribution in [0.2, 0.25) is 0 Å². The molecule has 132 valence electrons. The second-order valence-corrected chi connectivity index (χ2v) is 7.50. The maximum Gasteiger partial charge on any atom is 0.251 e. The van der Waals surface area contributed by atoms with Crippen molar-refractivity contribution in [2.24, 2.45) is 0 Å². The maximum absolute atomic E-state index is 12.6. The minimum atomic E-state index is -3.60. The Hall–Kier alpha value is -2.38. The molecule has 0 saturated heterocycles. The van der Waals surface area contributed by atoms with Gasteiger partial charge >= 0.3 is 0 Å². The molecular weight excluding hydrogens is 340 g/mol. The number of carbonyl (C=O) groups is 1. The number of nitrogens with one attached hydrogen (secondary N) is 2. The highest BCUT2D eigenvalue weighted by molar-refractivity contribution is 7.89. The molecule has 0 aliphatic carbocycles. The first kappa shape index (κ1) is 17.4. The Bertz CT molecular complexity index is 880. The van der Waals surface area contributed by atoms with Crippen molar-refractivity contribution < 1.29 is 17.9 Å². The number of ether oxygens (including phenoxy) is 1. The van der Waals surface area contributed by atoms with Crippen LogP contribution in [0, 0.1) is 0 Å². The van der Waals surface area contributed by atoms with E-state index in [1.165, 1.54) is 12.1 Å². The maximum atomic E-state index is 12.6. The first-order valence-corrected chi connectivity index (χ1v) is 9.62. The summed E-state index contributed by atoms with van der Waals surface area (Å²) < 4.78 is 32.2. The molecule has 2 aromatic rings. The summed E-state index contributed by atoms with van der Waals surface area (Å²) in [6.07, 6.45) is 0.665. The number of sulfonamides is 1. The highest BCUT2D eigenvalue weighted by Gasteiger charge is 2.23. The molecule has 1 heterocycles. The van der Waals surface area contributed by atoms with Crippen LogP contribution in [-0.2, 0) is 10.0 Å². The minimum Gasteiger partial charge on any atom is -0.493 e. The van der Waals surface area contributed by atoms with E-state index in [0.29, 0.717) is 18.6 Å². The third-order valence-corrected chi connectivity index (χ3v) is 5.55. The third-order valence-electron chi connectivity index (χ3n) is 4.00. The smallest absolute Gasteiger partial charge is 0.251 e. The Morgan fingerprint density at radius 2 is 2.00 bits per heavy atom. The molecule has 0 spiro atoms. The van der Waals surface area contributed by atoms with Crippen molar-refractivity contribution in [2.45, 2.75) is 24.3 Å². The van der Waals surface area contributed by atoms with E-state index in [-0.39, 0.29) is 23.4 Å². The summed E-state index contributed by atoms with van der Waals surface area (Å²) in [5, 5.41) is 2.97. The molecule has 1 amide bonds. The molecule has 25 heavy (non-hydrogen) atoms. The lowest BCUT2D eigenvalue weighted by Gasteiger charge is -2.26. The van der Waals surface area contributed by atoms with Crippen molar-refractivity contribution in [1.82, 2.24) is 10.0 Å². The van der Waals surface area contributed by atoms with Gasteiger partial charge in [0.05, 0.1) is 17.5 Å². The normalized spacial score (nSPS) is 16.6. The number of carbonyl (C=O) groups excluding carboxylic acids is 1. The fourth-order valence-corrected chi connectivity index (χ4v) is 3.90. The second kappa shape index (κ2) is 7.25. The van der Waals surface area contributed by atoms with Crippen LogP contribution in [0.3, 0.4) is 0 Å². The van der Waals surface area contributed by atoms with Crippen LogP contribution in [0.4, 0.5) is 0 Å². The summed E-state index contributed by atoms with van der Waals surface area (Å²) in [5.41, 5.74) is 1.24. The summed E-state index contributed by atoms with van der Waals surface area (Å²) in [6, 6.07) is 13.4. The lowest BCUT2D eigenvalue weighted by molar-refractivity contribution is 0.0924. The summed E-state index contributed by atoms with van der Waals surface area (Å²) in [6.45, 7) is 2.52. The molecule has 0 radical (unpaired) electrons. The van der Waals surface area contributed by atoms with Crippen LogP contribution >= 0.6 is 0 Å². The molecule has 1 aliphatic rings. The molecule has 0 aromatic heterocycles. The molecular formula is C18H20N2O4S. The lowest BCUT2D eigenvalue weighted by atomic mass is 10.00. The number of para-hydroxylation sites is 1. The minimum absolute atomic E-state index is 0.0781. The number of fused-ring (bicyclic) bond motifs is 1. The Kier molecular flexibility index (Phi) is 5.06. The zero-order valence-corrected chi connectivity index (χ0v) is 14.7. The first-order valence-electron chi connectivity index (χ1n) is 8.13. The Labute approximate surface area is 147 Å². The van der Waals surface area contributed by atoms with Gasteiger partial charge < -0.3 is 10.1 Å². The van der Waals surface area contributed by atoms with Crippen LogP contribution in [0.5, 0.6) is 5.75 Å². The van der Waals surface area contributed by atoms with Gasteiger partial charge in [0, 0.05) is 24.1 Å². The average Bonchev–Trinajstić information content (AvgIpc) is 2.62. The number of amides is 1. The summed E-state index contributed by atoms with van der Waals surface area (Å²) in [7, 11) is -3.60. The van der Waals surface area contributed by atoms with E-state index >= 15 is 0 Å². The van der Waals surface area contributed by atoms with Crippen molar-refractivity contribution in [1.29, 1.82) is 0 Å². The van der Waals surface area contributed by atoms with Gasteiger partial charge in [-0.2, -0.15) is 0 Å². The molecule has 3 rings (SSSR count). The third kappa shape index (κ3) is 3.83. The van der Waals surface area contributed by atoms with Crippen LogP contribution in [0.25, 0.3) is 0 Å². The first-order chi connectivity index (χ1) is 12.0. The van der Waals surface area contributed by atoms with Gasteiger partial charge in [0.2, 0.25) is 10.0 Å². The van der Waals surface area contributed by atoms with Crippen LogP contribution in [0.1, 0.15) is 35.3 Å². The summed E-state index contributed by atoms with van der Waals surface area (Å²) >= 11 is 0. The number of hydrogen-bond donors (Lipinski definition) is 2. The van der Waals surface area contributed by atoms with E-state index in [9.17, 15) is 13.2 Å². The van der Waals surface area contributed by atoms with Crippen LogP contribution < -0.4 is 14.8 Å². The predicted molar refractivity (Wildman–Crippen MR) is 94.1 cm³/mol. The molecule has 1 atom stereocenters. The highest BCUT2D eigenvalue weighted by Crippen LogP contribution is 2.31. The standard InChI is InChI=1S/C18H20N2O4S/c1-2-19-25(22,23)14-7-5-6-13(12-14)18(21)20-16-10-11-24-17-9-4-3-8-15(16)17/h3-9,12,16,19H,2,10-11H2,1H3,(H,20,21)/t16-/m0/s1. The average molecular weight is 360 g/mol. The van der Waals surface area contributed by atoms with E-state index in [1.54, 1.807) is 19.1 Å². The van der Waals surface area contributed by atoms with Gasteiger partial charge in [0.1, 0.15) is 5.75 Å².